The number of alkyl halides is 3. The topological polar surface area (TPSA) is 270 Å². The van der Waals surface area contributed by atoms with Crippen molar-refractivity contribution in [2.24, 2.45) is 23.7 Å². The predicted molar refractivity (Wildman–Crippen MR) is 364 cm³/mol. The second kappa shape index (κ2) is 35.0. The van der Waals surface area contributed by atoms with Crippen LogP contribution >= 0.6 is 11.6 Å². The van der Waals surface area contributed by atoms with Gasteiger partial charge in [-0.15, -0.1) is 0 Å². The maximum atomic E-state index is 15.7. The molecule has 0 radical (unpaired) electrons. The molecule has 3 N–H and O–H groups in total. The SMILES string of the molecule is CC[C@H](C)[C@@H]1NC(=O)[C@H](CC(C)C)N(C)C(=O)C[C@@H](C(=O)N2CCCCC2)N(C)C(=O)[C@H](C2CCCCC2)N(C)C(=O)C2(CC2)NC(=O)[C@@H]2CCCN2C(=O)[C@H](CCc2ccc(C(F)(F)F)c(Cl)c2)NC(=O)CN(C)C(=O)[C@H](CC2CCCCC2)N(C)C(=O)CN(C)C(=O)CN(C)C1=O. The van der Waals surface area contributed by atoms with E-state index >= 15 is 24.0 Å². The Bertz CT molecular complexity index is 3100. The Balaban J connectivity index is 1.27. The molecule has 3 aliphatic carbocycles. The summed E-state index contributed by atoms with van der Waals surface area (Å²) in [6, 6.07) is -5.50. The van der Waals surface area contributed by atoms with E-state index in [-0.39, 0.29) is 63.3 Å². The predicted octanol–water partition coefficient (Wildman–Crippen LogP) is 5.64. The number of nitrogens with one attached hydrogen (secondary N) is 3. The van der Waals surface area contributed by atoms with E-state index in [1.807, 2.05) is 20.8 Å². The van der Waals surface area contributed by atoms with Gasteiger partial charge in [0.15, 0.2) is 0 Å². The molecule has 3 aliphatic heterocycles. The lowest BCUT2D eigenvalue weighted by Crippen LogP contribution is -2.62. The number of hydrogen-bond donors (Lipinski definition) is 3. The first-order chi connectivity index (χ1) is 46.7. The molecule has 6 fully saturated rings. The van der Waals surface area contributed by atoms with Crippen LogP contribution in [0.25, 0.3) is 0 Å². The minimum absolute atomic E-state index is 0.0210. The number of amides is 12. The van der Waals surface area contributed by atoms with Gasteiger partial charge >= 0.3 is 6.18 Å². The van der Waals surface area contributed by atoms with E-state index in [0.717, 1.165) is 84.6 Å². The van der Waals surface area contributed by atoms with Crippen LogP contribution in [0.2, 0.25) is 5.02 Å². The highest BCUT2D eigenvalue weighted by Gasteiger charge is 2.56. The minimum Gasteiger partial charge on any atom is -0.343 e. The van der Waals surface area contributed by atoms with Crippen LogP contribution < -0.4 is 16.0 Å². The van der Waals surface area contributed by atoms with E-state index in [1.54, 1.807) is 11.8 Å². The molecular weight excluding hydrogens is 1310 g/mol. The van der Waals surface area contributed by atoms with Crippen LogP contribution in [0.15, 0.2) is 18.2 Å². The van der Waals surface area contributed by atoms with Gasteiger partial charge in [-0.1, -0.05) is 103 Å². The molecule has 1 spiro atoms. The summed E-state index contributed by atoms with van der Waals surface area (Å²) in [7, 11) is 9.97. The lowest BCUT2D eigenvalue weighted by atomic mass is 9.82. The summed E-state index contributed by atoms with van der Waals surface area (Å²) in [5.74, 6) is -8.73. The van der Waals surface area contributed by atoms with Crippen molar-refractivity contribution in [1.29, 1.82) is 0 Å². The van der Waals surface area contributed by atoms with Crippen molar-refractivity contribution in [1.82, 2.24) is 60.0 Å². The first kappa shape index (κ1) is 79.3. The number of fused-ring (bicyclic) bond motifs is 1. The second-order valence-electron chi connectivity index (χ2n) is 29.5. The van der Waals surface area contributed by atoms with E-state index in [2.05, 4.69) is 16.0 Å². The minimum atomic E-state index is -4.76. The van der Waals surface area contributed by atoms with Crippen molar-refractivity contribution in [2.75, 3.05) is 88.6 Å². The molecule has 0 aromatic heterocycles. The molecule has 1 aromatic carbocycles. The summed E-state index contributed by atoms with van der Waals surface area (Å²) in [5, 5.41) is 8.04. The number of aryl methyl sites for hydroxylation is 1. The number of benzene rings is 1. The van der Waals surface area contributed by atoms with Gasteiger partial charge in [0.25, 0.3) is 0 Å². The number of nitrogens with zero attached hydrogens (tertiary/aromatic N) is 9. The highest BCUT2D eigenvalue weighted by Crippen LogP contribution is 2.41. The molecular formula is C71H108ClF3N12O12. The zero-order chi connectivity index (χ0) is 73.0. The Hall–Kier alpha value is -7.06. The third-order valence-corrected chi connectivity index (χ3v) is 22.0. The smallest absolute Gasteiger partial charge is 0.343 e. The monoisotopic (exact) mass is 1410 g/mol. The Morgan fingerprint density at radius 1 is 0.626 bits per heavy atom. The fraction of sp³-hybridized carbons (Fsp3) is 0.746. The molecule has 1 aromatic rings. The second-order valence-corrected chi connectivity index (χ2v) is 29.9. The van der Waals surface area contributed by atoms with Crippen molar-refractivity contribution in [3.63, 3.8) is 0 Å². The molecule has 24 nitrogen and oxygen atoms in total. The third kappa shape index (κ3) is 20.2. The third-order valence-electron chi connectivity index (χ3n) is 21.6. The van der Waals surface area contributed by atoms with Gasteiger partial charge in [-0.25, -0.2) is 0 Å². The molecule has 12 amide bonds. The van der Waals surface area contributed by atoms with Gasteiger partial charge in [-0.05, 0) is 125 Å². The number of halogens is 4. The summed E-state index contributed by atoms with van der Waals surface area (Å²) in [4.78, 5) is 190. The van der Waals surface area contributed by atoms with Gasteiger partial charge in [-0.2, -0.15) is 13.2 Å². The largest absolute Gasteiger partial charge is 0.417 e. The zero-order valence-electron chi connectivity index (χ0n) is 60.0. The zero-order valence-corrected chi connectivity index (χ0v) is 60.8. The van der Waals surface area contributed by atoms with Crippen LogP contribution in [0, 0.1) is 23.7 Å². The van der Waals surface area contributed by atoms with Crippen molar-refractivity contribution in [2.45, 2.75) is 229 Å². The molecule has 3 saturated heterocycles. The Labute approximate surface area is 586 Å². The number of likely N-dealkylation sites (N-methyl/N-ethyl adjacent to an activating group) is 7. The van der Waals surface area contributed by atoms with Gasteiger partial charge in [0.2, 0.25) is 70.9 Å². The molecule has 0 bridgehead atoms. The van der Waals surface area contributed by atoms with Crippen LogP contribution in [-0.4, -0.2) is 251 Å². The van der Waals surface area contributed by atoms with Crippen molar-refractivity contribution in [3.05, 3.63) is 34.3 Å². The Morgan fingerprint density at radius 2 is 1.22 bits per heavy atom. The summed E-state index contributed by atoms with van der Waals surface area (Å²) < 4.78 is 41.5. The standard InChI is InChI=1S/C71H108ClF3N12O12/c1-12-45(4)60-67(97)81(7)42-58(90)79(5)43-59(91)83(9)54(39-46-23-16-13-17-24-46)65(95)80(6)41-56(88)76-51(31-29-47-28-30-49(50(72)38-47)71(73,74)75)64(94)87-36-22-27-52(87)63(93)78-70(32-33-70)69(99)85(11)61(48-25-18-14-19-26-48)68(98)84(10)55(66(96)86-34-20-15-21-35-86)40-57(89)82(8)53(37-44(2)3)62(92)77-60/h28,30,38,44-46,48,51-55,60-61H,12-27,29,31-37,39-43H2,1-11H3,(H,76,88)(H,77,92)(H,78,93)/t45-,51-,52-,53-,54-,55-,60-,61-/m0/s1. The molecule has 7 rings (SSSR count). The Morgan fingerprint density at radius 3 is 1.82 bits per heavy atom. The number of carbonyl (C=O) groups is 12. The van der Waals surface area contributed by atoms with Gasteiger partial charge in [0.1, 0.15) is 47.8 Å². The van der Waals surface area contributed by atoms with Crippen molar-refractivity contribution in [3.8, 4) is 0 Å². The summed E-state index contributed by atoms with van der Waals surface area (Å²) in [6.07, 6.45) is 6.09. The summed E-state index contributed by atoms with van der Waals surface area (Å²) in [6.45, 7) is 6.46. The van der Waals surface area contributed by atoms with E-state index in [9.17, 15) is 46.7 Å². The molecule has 28 heteroatoms. The lowest BCUT2D eigenvalue weighted by molar-refractivity contribution is -0.156. The van der Waals surface area contributed by atoms with Gasteiger partial charge in [0, 0.05) is 69.0 Å². The maximum absolute atomic E-state index is 15.7. The first-order valence-electron chi connectivity index (χ1n) is 35.9. The first-order valence-corrected chi connectivity index (χ1v) is 36.2. The quantitative estimate of drug-likeness (QED) is 0.243. The molecule has 0 unspecified atom stereocenters. The fourth-order valence-electron chi connectivity index (χ4n) is 15.0. The van der Waals surface area contributed by atoms with Gasteiger partial charge in [-0.3, -0.25) is 57.5 Å². The summed E-state index contributed by atoms with van der Waals surface area (Å²) >= 11 is 6.14. The number of carbonyl (C=O) groups excluding carboxylic acids is 12. The number of piperidine rings is 1. The van der Waals surface area contributed by atoms with E-state index in [1.165, 1.54) is 79.9 Å². The molecule has 8 atom stereocenters. The van der Waals surface area contributed by atoms with Gasteiger partial charge < -0.3 is 60.0 Å². The van der Waals surface area contributed by atoms with E-state index < -0.39 is 173 Å². The van der Waals surface area contributed by atoms with Crippen LogP contribution in [0.5, 0.6) is 0 Å². The Kier molecular flexibility index (Phi) is 28.0. The average molecular weight is 1410 g/mol. The van der Waals surface area contributed by atoms with Crippen LogP contribution in [0.4, 0.5) is 13.2 Å². The summed E-state index contributed by atoms with van der Waals surface area (Å²) in [5.41, 5.74) is -2.28. The maximum Gasteiger partial charge on any atom is 0.417 e. The molecule has 99 heavy (non-hydrogen) atoms. The average Bonchev–Trinajstić information content (AvgIpc) is 1.62. The lowest BCUT2D eigenvalue weighted by Gasteiger charge is -2.42. The number of hydrogen-bond acceptors (Lipinski definition) is 12. The highest BCUT2D eigenvalue weighted by atomic mass is 35.5. The number of likely N-dealkylation sites (tertiary alicyclic amines) is 1. The van der Waals surface area contributed by atoms with Gasteiger partial charge in [0.05, 0.1) is 36.6 Å². The fourth-order valence-corrected chi connectivity index (χ4v) is 15.3. The van der Waals surface area contributed by atoms with Crippen LogP contribution in [-0.2, 0) is 70.1 Å². The van der Waals surface area contributed by atoms with E-state index in [4.69, 9.17) is 11.6 Å². The molecule has 3 saturated carbocycles. The molecule has 3 heterocycles. The highest BCUT2D eigenvalue weighted by molar-refractivity contribution is 6.31. The molecule has 6 aliphatic rings. The van der Waals surface area contributed by atoms with Crippen LogP contribution in [0.3, 0.4) is 0 Å². The normalized spacial score (nSPS) is 26.8. The molecule has 552 valence electrons. The van der Waals surface area contributed by atoms with Crippen molar-refractivity contribution >= 4 is 82.5 Å². The van der Waals surface area contributed by atoms with Crippen LogP contribution in [0.1, 0.15) is 180 Å². The van der Waals surface area contributed by atoms with Crippen molar-refractivity contribution < 1.29 is 70.7 Å². The van der Waals surface area contributed by atoms with E-state index in [0.29, 0.717) is 57.2 Å². The number of rotatable bonds is 11.